The van der Waals surface area contributed by atoms with Gasteiger partial charge in [-0.3, -0.25) is 0 Å². The van der Waals surface area contributed by atoms with Crippen molar-refractivity contribution < 1.29 is 13.3 Å². The van der Waals surface area contributed by atoms with Crippen LogP contribution in [0.15, 0.2) is 5.16 Å². The van der Waals surface area contributed by atoms with Crippen molar-refractivity contribution in [3.8, 4) is 0 Å². The molecule has 0 aliphatic carbocycles. The van der Waals surface area contributed by atoms with Gasteiger partial charge in [-0.25, -0.2) is 8.42 Å². The summed E-state index contributed by atoms with van der Waals surface area (Å²) in [5.74, 6) is -0.174. The van der Waals surface area contributed by atoms with E-state index in [4.69, 9.17) is 16.4 Å². The van der Waals surface area contributed by atoms with Gasteiger partial charge in [0.2, 0.25) is 0 Å². The Hall–Kier alpha value is -0.660. The van der Waals surface area contributed by atoms with Crippen molar-refractivity contribution in [2.24, 2.45) is 5.16 Å². The molecule has 1 aliphatic rings. The molecule has 0 atom stereocenters. The summed E-state index contributed by atoms with van der Waals surface area (Å²) in [7, 11) is -3.49. The van der Waals surface area contributed by atoms with Crippen molar-refractivity contribution in [3.05, 3.63) is 15.6 Å². The van der Waals surface area contributed by atoms with Crippen LogP contribution in [0.2, 0.25) is 4.34 Å². The highest BCUT2D eigenvalue weighted by atomic mass is 35.5. The molecular weight excluding hydrogens is 296 g/mol. The third-order valence-electron chi connectivity index (χ3n) is 2.60. The molecule has 0 aromatic carbocycles. The average molecular weight is 309 g/mol. The van der Waals surface area contributed by atoms with E-state index in [9.17, 15) is 8.42 Å². The number of hydrogen-bond acceptors (Lipinski definition) is 6. The van der Waals surface area contributed by atoms with Crippen LogP contribution in [0.25, 0.3) is 0 Å². The number of halogens is 1. The van der Waals surface area contributed by atoms with Crippen LogP contribution in [-0.2, 0) is 20.4 Å². The normalized spacial score (nSPS) is 18.6. The maximum Gasteiger partial charge on any atom is 0.199 e. The third kappa shape index (κ3) is 2.67. The third-order valence-corrected chi connectivity index (χ3v) is 5.41. The van der Waals surface area contributed by atoms with Crippen molar-refractivity contribution in [2.45, 2.75) is 38.5 Å². The average Bonchev–Trinajstić information content (AvgIpc) is 2.75. The monoisotopic (exact) mass is 308 g/mol. The van der Waals surface area contributed by atoms with Crippen LogP contribution in [0.1, 0.15) is 31.5 Å². The summed E-state index contributed by atoms with van der Waals surface area (Å²) in [6, 6.07) is 0. The van der Waals surface area contributed by atoms with Crippen molar-refractivity contribution >= 4 is 38.0 Å². The molecule has 1 aliphatic heterocycles. The Morgan fingerprint density at radius 2 is 2.17 bits per heavy atom. The Morgan fingerprint density at radius 3 is 2.61 bits per heavy atom. The predicted octanol–water partition coefficient (Wildman–Crippen LogP) is 2.53. The first-order chi connectivity index (χ1) is 8.21. The van der Waals surface area contributed by atoms with E-state index < -0.39 is 15.4 Å². The van der Waals surface area contributed by atoms with Crippen LogP contribution in [0, 0.1) is 6.92 Å². The van der Waals surface area contributed by atoms with Crippen LogP contribution in [0.5, 0.6) is 0 Å². The zero-order chi connectivity index (χ0) is 13.6. The predicted molar refractivity (Wildman–Crippen MR) is 71.7 cm³/mol. The molecule has 0 spiro atoms. The maximum atomic E-state index is 12.2. The number of aryl methyl sites for hydroxylation is 1. The van der Waals surface area contributed by atoms with Gasteiger partial charge in [-0.2, -0.15) is 4.37 Å². The topological polar surface area (TPSA) is 68.6 Å². The van der Waals surface area contributed by atoms with Gasteiger partial charge >= 0.3 is 0 Å². The zero-order valence-electron chi connectivity index (χ0n) is 10.2. The maximum absolute atomic E-state index is 12.2. The highest BCUT2D eigenvalue weighted by Gasteiger charge is 2.36. The summed E-state index contributed by atoms with van der Waals surface area (Å²) in [6.07, 6.45) is 0.281. The number of rotatable bonds is 2. The molecule has 0 fully saturated rings. The van der Waals surface area contributed by atoms with Crippen molar-refractivity contribution in [3.63, 3.8) is 0 Å². The molecule has 0 saturated heterocycles. The minimum Gasteiger partial charge on any atom is -0.389 e. The molecule has 1 aromatic rings. The van der Waals surface area contributed by atoms with Gasteiger partial charge in [0.1, 0.15) is 9.94 Å². The van der Waals surface area contributed by atoms with Gasteiger partial charge in [0.25, 0.3) is 0 Å². The number of hydrogen-bond donors (Lipinski definition) is 0. The summed E-state index contributed by atoms with van der Waals surface area (Å²) in [5, 5.41) is 3.75. The summed E-state index contributed by atoms with van der Waals surface area (Å²) >= 11 is 7.03. The lowest BCUT2D eigenvalue weighted by atomic mass is 10.1. The second kappa shape index (κ2) is 4.47. The van der Waals surface area contributed by atoms with E-state index in [1.165, 1.54) is 0 Å². The quantitative estimate of drug-likeness (QED) is 0.842. The van der Waals surface area contributed by atoms with Crippen LogP contribution in [-0.4, -0.2) is 23.4 Å². The lowest BCUT2D eigenvalue weighted by Gasteiger charge is -2.13. The molecule has 2 rings (SSSR count). The molecule has 8 heteroatoms. The van der Waals surface area contributed by atoms with E-state index in [-0.39, 0.29) is 17.2 Å². The Bertz CT molecular complexity index is 585. The van der Waals surface area contributed by atoms with Crippen LogP contribution in [0.4, 0.5) is 0 Å². The van der Waals surface area contributed by atoms with E-state index in [1.807, 2.05) is 0 Å². The first-order valence-electron chi connectivity index (χ1n) is 5.30. The highest BCUT2D eigenvalue weighted by molar-refractivity contribution is 8.05. The van der Waals surface area contributed by atoms with Gasteiger partial charge in [0.15, 0.2) is 14.9 Å². The van der Waals surface area contributed by atoms with Gasteiger partial charge in [0, 0.05) is 12.0 Å². The van der Waals surface area contributed by atoms with E-state index in [2.05, 4.69) is 9.53 Å². The molecule has 0 unspecified atom stereocenters. The molecule has 18 heavy (non-hydrogen) atoms. The van der Waals surface area contributed by atoms with Gasteiger partial charge in [-0.1, -0.05) is 16.8 Å². The molecule has 0 saturated carbocycles. The minimum absolute atomic E-state index is 0.0779. The molecule has 2 heterocycles. The molecule has 100 valence electrons. The number of oxime groups is 1. The Kier molecular flexibility index (Phi) is 3.42. The van der Waals surface area contributed by atoms with Gasteiger partial charge in [0.05, 0.1) is 11.4 Å². The molecule has 0 amide bonds. The molecule has 0 radical (unpaired) electrons. The molecule has 0 N–H and O–H groups in total. The number of sulfone groups is 1. The summed E-state index contributed by atoms with van der Waals surface area (Å²) in [5.41, 5.74) is 0.634. The zero-order valence-corrected chi connectivity index (χ0v) is 12.6. The number of nitrogens with zero attached hydrogens (tertiary/aromatic N) is 2. The highest BCUT2D eigenvalue weighted by Crippen LogP contribution is 2.30. The largest absolute Gasteiger partial charge is 0.389 e. The van der Waals surface area contributed by atoms with E-state index in [0.29, 0.717) is 15.6 Å². The van der Waals surface area contributed by atoms with Crippen molar-refractivity contribution in [1.29, 1.82) is 0 Å². The van der Waals surface area contributed by atoms with Crippen molar-refractivity contribution in [1.82, 2.24) is 4.37 Å². The molecule has 0 bridgehead atoms. The molecular formula is C10H13ClN2O3S2. The summed E-state index contributed by atoms with van der Waals surface area (Å²) < 4.78 is 28.8. The van der Waals surface area contributed by atoms with Gasteiger partial charge in [-0.15, -0.1) is 0 Å². The van der Waals surface area contributed by atoms with Crippen LogP contribution in [0.3, 0.4) is 0 Å². The lowest BCUT2D eigenvalue weighted by Crippen LogP contribution is -2.23. The Balaban J connectivity index is 2.24. The SMILES string of the molecule is Cc1nsc(Cl)c1CS(=O)(=O)C1=NOC(C)(C)C1. The summed E-state index contributed by atoms with van der Waals surface area (Å²) in [6.45, 7) is 5.33. The van der Waals surface area contributed by atoms with E-state index in [0.717, 1.165) is 11.5 Å². The van der Waals surface area contributed by atoms with Gasteiger partial charge in [-0.05, 0) is 32.3 Å². The van der Waals surface area contributed by atoms with E-state index >= 15 is 0 Å². The van der Waals surface area contributed by atoms with Gasteiger partial charge < -0.3 is 4.84 Å². The first-order valence-corrected chi connectivity index (χ1v) is 8.10. The number of aromatic nitrogens is 1. The fraction of sp³-hybridized carbons (Fsp3) is 0.600. The second-order valence-corrected chi connectivity index (χ2v) is 8.16. The smallest absolute Gasteiger partial charge is 0.199 e. The fourth-order valence-electron chi connectivity index (χ4n) is 1.57. The summed E-state index contributed by atoms with van der Waals surface area (Å²) in [4.78, 5) is 5.08. The van der Waals surface area contributed by atoms with E-state index in [1.54, 1.807) is 20.8 Å². The van der Waals surface area contributed by atoms with Crippen molar-refractivity contribution in [2.75, 3.05) is 0 Å². The minimum atomic E-state index is -3.49. The molecule has 5 nitrogen and oxygen atoms in total. The standard InChI is InChI=1S/C10H13ClN2O3S2/c1-6-7(9(11)17-13-6)5-18(14,15)8-4-10(2,3)16-12-8/h4-5H2,1-3H3. The molecule has 1 aromatic heterocycles. The Morgan fingerprint density at radius 1 is 1.50 bits per heavy atom. The second-order valence-electron chi connectivity index (χ2n) is 4.79. The fourth-order valence-corrected chi connectivity index (χ4v) is 4.32. The Labute approximate surface area is 115 Å². The lowest BCUT2D eigenvalue weighted by molar-refractivity contribution is 0.0123. The first kappa shape index (κ1) is 13.8. The van der Waals surface area contributed by atoms with Crippen LogP contribution < -0.4 is 0 Å². The van der Waals surface area contributed by atoms with Crippen LogP contribution >= 0.6 is 23.1 Å².